The molecule has 0 fully saturated rings. The van der Waals surface area contributed by atoms with E-state index in [0.717, 1.165) is 5.01 Å². The molecule has 0 radical (unpaired) electrons. The van der Waals surface area contributed by atoms with Crippen LogP contribution in [-0.4, -0.2) is 19.0 Å². The Balaban J connectivity index is 2.64. The predicted octanol–water partition coefficient (Wildman–Crippen LogP) is 0.631. The SMILES string of the molecule is CCNC(=O)Oc1ccc(N(N)C=O)cc1. The highest BCUT2D eigenvalue weighted by atomic mass is 16.5. The van der Waals surface area contributed by atoms with E-state index in [1.54, 1.807) is 31.2 Å². The lowest BCUT2D eigenvalue weighted by Crippen LogP contribution is -2.28. The van der Waals surface area contributed by atoms with Crippen molar-refractivity contribution in [1.29, 1.82) is 0 Å². The van der Waals surface area contributed by atoms with Crippen LogP contribution in [-0.2, 0) is 4.79 Å². The standard InChI is InChI=1S/C10H13N3O3/c1-2-12-10(15)16-9-5-3-8(4-6-9)13(11)7-14/h3-7H,2,11H2,1H3,(H,12,15). The van der Waals surface area contributed by atoms with E-state index in [2.05, 4.69) is 5.32 Å². The Hall–Kier alpha value is -2.08. The smallest absolute Gasteiger partial charge is 0.410 e. The normalized spacial score (nSPS) is 9.38. The lowest BCUT2D eigenvalue weighted by Gasteiger charge is -2.10. The van der Waals surface area contributed by atoms with Gasteiger partial charge in [-0.25, -0.2) is 10.6 Å². The first kappa shape index (κ1) is 12.0. The van der Waals surface area contributed by atoms with Gasteiger partial charge in [-0.2, -0.15) is 0 Å². The zero-order valence-corrected chi connectivity index (χ0v) is 8.84. The molecule has 2 amide bonds. The average Bonchev–Trinajstić information content (AvgIpc) is 2.29. The fraction of sp³-hybridized carbons (Fsp3) is 0.200. The number of nitrogens with one attached hydrogen (secondary N) is 1. The van der Waals surface area contributed by atoms with Crippen LogP contribution >= 0.6 is 0 Å². The Morgan fingerprint density at radius 1 is 1.50 bits per heavy atom. The maximum absolute atomic E-state index is 11.1. The molecule has 1 aromatic carbocycles. The van der Waals surface area contributed by atoms with Crippen molar-refractivity contribution in [3.05, 3.63) is 24.3 Å². The van der Waals surface area contributed by atoms with Crippen molar-refractivity contribution in [2.75, 3.05) is 11.6 Å². The third-order valence-electron chi connectivity index (χ3n) is 1.78. The van der Waals surface area contributed by atoms with E-state index in [1.807, 2.05) is 0 Å². The lowest BCUT2D eigenvalue weighted by molar-refractivity contribution is -0.107. The summed E-state index contributed by atoms with van der Waals surface area (Å²) in [7, 11) is 0. The molecule has 0 spiro atoms. The number of benzene rings is 1. The second-order valence-electron chi connectivity index (χ2n) is 2.93. The fourth-order valence-corrected chi connectivity index (χ4v) is 1.03. The van der Waals surface area contributed by atoms with Crippen molar-refractivity contribution < 1.29 is 14.3 Å². The molecule has 0 unspecified atom stereocenters. The van der Waals surface area contributed by atoms with E-state index in [0.29, 0.717) is 24.4 Å². The highest BCUT2D eigenvalue weighted by Gasteiger charge is 2.03. The van der Waals surface area contributed by atoms with Crippen molar-refractivity contribution >= 4 is 18.2 Å². The zero-order valence-electron chi connectivity index (χ0n) is 8.84. The van der Waals surface area contributed by atoms with Crippen molar-refractivity contribution in [3.8, 4) is 5.75 Å². The third-order valence-corrected chi connectivity index (χ3v) is 1.78. The van der Waals surface area contributed by atoms with Crippen LogP contribution in [0.25, 0.3) is 0 Å². The number of carbonyl (C=O) groups excluding carboxylic acids is 2. The van der Waals surface area contributed by atoms with E-state index < -0.39 is 6.09 Å². The van der Waals surface area contributed by atoms with Crippen LogP contribution in [0.5, 0.6) is 5.75 Å². The van der Waals surface area contributed by atoms with Gasteiger partial charge in [-0.1, -0.05) is 0 Å². The van der Waals surface area contributed by atoms with E-state index in [1.165, 1.54) is 0 Å². The molecule has 0 aliphatic heterocycles. The van der Waals surface area contributed by atoms with Gasteiger partial charge in [-0.05, 0) is 31.2 Å². The van der Waals surface area contributed by atoms with Gasteiger partial charge >= 0.3 is 6.09 Å². The molecule has 0 atom stereocenters. The van der Waals surface area contributed by atoms with Gasteiger partial charge in [0, 0.05) is 6.54 Å². The summed E-state index contributed by atoms with van der Waals surface area (Å²) < 4.78 is 4.93. The maximum Gasteiger partial charge on any atom is 0.412 e. The number of anilines is 1. The minimum Gasteiger partial charge on any atom is -0.410 e. The molecule has 3 N–H and O–H groups in total. The number of carbonyl (C=O) groups is 2. The minimum absolute atomic E-state index is 0.383. The molecule has 0 aliphatic rings. The Labute approximate surface area is 92.9 Å². The largest absolute Gasteiger partial charge is 0.412 e. The van der Waals surface area contributed by atoms with Crippen molar-refractivity contribution in [1.82, 2.24) is 5.32 Å². The summed E-state index contributed by atoms with van der Waals surface area (Å²) in [6.45, 7) is 2.29. The van der Waals surface area contributed by atoms with Crippen LogP contribution in [0.4, 0.5) is 10.5 Å². The molecule has 0 saturated carbocycles. The molecule has 0 aliphatic carbocycles. The molecule has 1 aromatic rings. The molecule has 0 heterocycles. The molecule has 1 rings (SSSR count). The maximum atomic E-state index is 11.1. The molecule has 6 nitrogen and oxygen atoms in total. The summed E-state index contributed by atoms with van der Waals surface area (Å²) in [6.07, 6.45) is -0.0325. The highest BCUT2D eigenvalue weighted by molar-refractivity contribution is 5.74. The zero-order chi connectivity index (χ0) is 12.0. The number of hydrazine groups is 1. The third kappa shape index (κ3) is 3.25. The molecule has 6 heteroatoms. The molecular formula is C10H13N3O3. The first-order chi connectivity index (χ1) is 7.67. The summed E-state index contributed by atoms with van der Waals surface area (Å²) in [6, 6.07) is 6.24. The van der Waals surface area contributed by atoms with Crippen LogP contribution in [0.3, 0.4) is 0 Å². The second-order valence-corrected chi connectivity index (χ2v) is 2.93. The fourth-order valence-electron chi connectivity index (χ4n) is 1.03. The van der Waals surface area contributed by atoms with Crippen molar-refractivity contribution in [3.63, 3.8) is 0 Å². The number of rotatable bonds is 4. The van der Waals surface area contributed by atoms with Crippen molar-refractivity contribution in [2.45, 2.75) is 6.92 Å². The van der Waals surface area contributed by atoms with Crippen LogP contribution in [0.15, 0.2) is 24.3 Å². The number of nitrogens with two attached hydrogens (primary N) is 1. The first-order valence-corrected chi connectivity index (χ1v) is 4.72. The van der Waals surface area contributed by atoms with Crippen LogP contribution in [0, 0.1) is 0 Å². The second kappa shape index (κ2) is 5.72. The first-order valence-electron chi connectivity index (χ1n) is 4.72. The molecule has 0 aromatic heterocycles. The summed E-state index contributed by atoms with van der Waals surface area (Å²) in [5, 5.41) is 3.42. The minimum atomic E-state index is -0.518. The van der Waals surface area contributed by atoms with E-state index in [9.17, 15) is 9.59 Å². The number of nitrogens with zero attached hydrogens (tertiary/aromatic N) is 1. The number of hydrogen-bond acceptors (Lipinski definition) is 4. The molecule has 86 valence electrons. The van der Waals surface area contributed by atoms with Crippen LogP contribution < -0.4 is 20.9 Å². The highest BCUT2D eigenvalue weighted by Crippen LogP contribution is 2.16. The topological polar surface area (TPSA) is 84.7 Å². The molecule has 0 saturated heterocycles. The van der Waals surface area contributed by atoms with Gasteiger partial charge in [0.15, 0.2) is 0 Å². The van der Waals surface area contributed by atoms with Crippen LogP contribution in [0.1, 0.15) is 6.92 Å². The van der Waals surface area contributed by atoms with E-state index in [4.69, 9.17) is 10.6 Å². The number of hydrogen-bond donors (Lipinski definition) is 2. The number of amides is 2. The van der Waals surface area contributed by atoms with Gasteiger partial charge in [0.2, 0.25) is 6.41 Å². The van der Waals surface area contributed by atoms with Gasteiger partial charge in [0.25, 0.3) is 0 Å². The monoisotopic (exact) mass is 223 g/mol. The van der Waals surface area contributed by atoms with Gasteiger partial charge in [0.05, 0.1) is 5.69 Å². The van der Waals surface area contributed by atoms with E-state index in [-0.39, 0.29) is 0 Å². The van der Waals surface area contributed by atoms with Gasteiger partial charge in [-0.3, -0.25) is 9.80 Å². The lowest BCUT2D eigenvalue weighted by atomic mass is 10.3. The average molecular weight is 223 g/mol. The van der Waals surface area contributed by atoms with Crippen molar-refractivity contribution in [2.24, 2.45) is 5.84 Å². The number of ether oxygens (including phenoxy) is 1. The summed E-state index contributed by atoms with van der Waals surface area (Å²) in [5.41, 5.74) is 0.512. The Bertz CT molecular complexity index is 364. The van der Waals surface area contributed by atoms with Gasteiger partial charge < -0.3 is 10.1 Å². The Morgan fingerprint density at radius 3 is 2.62 bits per heavy atom. The summed E-state index contributed by atoms with van der Waals surface area (Å²) in [4.78, 5) is 21.4. The van der Waals surface area contributed by atoms with E-state index >= 15 is 0 Å². The van der Waals surface area contributed by atoms with Gasteiger partial charge in [0.1, 0.15) is 5.75 Å². The van der Waals surface area contributed by atoms with Gasteiger partial charge in [-0.15, -0.1) is 0 Å². The Kier molecular flexibility index (Phi) is 4.28. The molecular weight excluding hydrogens is 210 g/mol. The van der Waals surface area contributed by atoms with Crippen LogP contribution in [0.2, 0.25) is 0 Å². The predicted molar refractivity (Wildman–Crippen MR) is 58.9 cm³/mol. The summed E-state index contributed by atoms with van der Waals surface area (Å²) >= 11 is 0. The quantitative estimate of drug-likeness (QED) is 0.339. The molecule has 0 bridgehead atoms. The summed E-state index contributed by atoms with van der Waals surface area (Å²) in [5.74, 6) is 5.72. The molecule has 16 heavy (non-hydrogen) atoms. The Morgan fingerprint density at radius 2 is 2.12 bits per heavy atom.